The molecule has 79 heavy (non-hydrogen) atoms. The number of aromatic amines is 2. The van der Waals surface area contributed by atoms with Gasteiger partial charge in [0.2, 0.25) is 11.8 Å². The number of carbonyl (C=O) groups excluding carboxylic acids is 4. The van der Waals surface area contributed by atoms with Gasteiger partial charge in [-0.15, -0.1) is 0 Å². The van der Waals surface area contributed by atoms with E-state index in [1.807, 2.05) is 0 Å². The Hall–Kier alpha value is -7.53. The zero-order valence-corrected chi connectivity index (χ0v) is 44.3. The molecule has 420 valence electrons. The van der Waals surface area contributed by atoms with Gasteiger partial charge in [0, 0.05) is 62.2 Å². The Balaban J connectivity index is 0.993. The lowest BCUT2D eigenvalue weighted by atomic mass is 9.89. The molecule has 4 aliphatic rings. The highest BCUT2D eigenvalue weighted by atomic mass is 19.1. The van der Waals surface area contributed by atoms with E-state index in [9.17, 15) is 28.7 Å². The number of aliphatic hydroxyl groups is 1. The largest absolute Gasteiger partial charge is 0.453 e. The lowest BCUT2D eigenvalue weighted by molar-refractivity contribution is -0.138. The summed E-state index contributed by atoms with van der Waals surface area (Å²) in [7, 11) is 3.75. The molecule has 4 saturated heterocycles. The Morgan fingerprint density at radius 2 is 1.10 bits per heavy atom. The first-order chi connectivity index (χ1) is 38.0. The number of anilines is 2. The number of imidazole rings is 2. The number of piperidine rings is 1. The quantitative estimate of drug-likeness (QED) is 0.0649. The summed E-state index contributed by atoms with van der Waals surface area (Å²) in [6.45, 7) is 4.29. The van der Waals surface area contributed by atoms with Gasteiger partial charge >= 0.3 is 12.2 Å². The van der Waals surface area contributed by atoms with Gasteiger partial charge in [0.05, 0.1) is 72.7 Å². The third-order valence-electron chi connectivity index (χ3n) is 16.3. The van der Waals surface area contributed by atoms with E-state index in [1.54, 1.807) is 45.9 Å². The van der Waals surface area contributed by atoms with Crippen LogP contribution in [-0.2, 0) is 23.8 Å². The predicted molar refractivity (Wildman–Crippen MR) is 280 cm³/mol. The first-order valence-electron chi connectivity index (χ1n) is 26.6. The Morgan fingerprint density at radius 1 is 0.620 bits per heavy atom. The number of halogens is 5. The number of aliphatic hydroxyl groups excluding tert-OH is 1. The van der Waals surface area contributed by atoms with Crippen LogP contribution in [0.4, 0.5) is 42.9 Å². The van der Waals surface area contributed by atoms with Crippen molar-refractivity contribution in [2.45, 2.75) is 120 Å². The minimum Gasteiger partial charge on any atom is -0.453 e. The number of carbonyl (C=O) groups is 4. The van der Waals surface area contributed by atoms with Crippen LogP contribution in [0, 0.1) is 29.1 Å². The van der Waals surface area contributed by atoms with Crippen molar-refractivity contribution < 1.29 is 60.4 Å². The Morgan fingerprint density at radius 3 is 1.57 bits per heavy atom. The number of nitrogens with zero attached hydrogens (tertiary/aromatic N) is 6. The molecule has 1 unspecified atom stereocenters. The van der Waals surface area contributed by atoms with Gasteiger partial charge in [0.25, 0.3) is 0 Å². The monoisotopic (exact) mass is 1100 g/mol. The molecule has 4 fully saturated rings. The van der Waals surface area contributed by atoms with Crippen LogP contribution in [0.5, 0.6) is 0 Å². The van der Waals surface area contributed by atoms with Gasteiger partial charge in [-0.25, -0.2) is 41.5 Å². The number of fused-ring (bicyclic) bond motifs is 2. The van der Waals surface area contributed by atoms with Gasteiger partial charge in [-0.1, -0.05) is 12.1 Å². The minimum absolute atomic E-state index is 0.0379. The summed E-state index contributed by atoms with van der Waals surface area (Å²) >= 11 is 0. The topological polar surface area (TPSA) is 211 Å². The number of rotatable bonds is 14. The minimum atomic E-state index is -1.32. The maximum absolute atomic E-state index is 17.0. The molecule has 0 aliphatic carbocycles. The molecule has 4 aromatic carbocycles. The van der Waals surface area contributed by atoms with E-state index in [1.165, 1.54) is 62.4 Å². The third kappa shape index (κ3) is 10.7. The molecule has 0 spiro atoms. The molecule has 4 amide bonds. The van der Waals surface area contributed by atoms with E-state index in [-0.39, 0.29) is 64.7 Å². The number of H-pyrrole nitrogens is 2. The SMILES string of the molecule is COC(=O)N[C@H](C(=O)N1CCCC1c1nc2cc(F)c([C@H]3CC[C@H](c4cc5[nH]c([C@@H]6CCCN6C(=O)[C@@H](NC(=O)OC)[C@@H](C)OC)nc5cc4F)N3c3cc(F)c(N4CCC(c5ccc(F)cc5)CC4)c(F)c3)cc2[nH]1)[C@@H](C)O. The summed E-state index contributed by atoms with van der Waals surface area (Å²) < 4.78 is 96.2. The molecular weight excluding hydrogens is 1040 g/mol. The summed E-state index contributed by atoms with van der Waals surface area (Å²) in [4.78, 5) is 74.6. The first kappa shape index (κ1) is 54.8. The zero-order chi connectivity index (χ0) is 56.0. The summed E-state index contributed by atoms with van der Waals surface area (Å²) in [5.74, 6) is -3.66. The van der Waals surface area contributed by atoms with Crippen LogP contribution in [0.25, 0.3) is 22.1 Å². The average molecular weight is 1100 g/mol. The number of ether oxygens (including phenoxy) is 3. The fraction of sp³-hybridized carbons (Fsp3) is 0.464. The number of likely N-dealkylation sites (tertiary alicyclic amines) is 2. The predicted octanol–water partition coefficient (Wildman–Crippen LogP) is 8.79. The standard InChI is InChI=1S/C56H63F5N10O8/c1-28(72)48(66-55(75)78-4)53(73)69-18-6-8-46(69)51-62-40-24-34(36(58)26-42(40)64-51)44-14-15-45(71(44)33-22-38(60)50(39(61)23-33)68-20-16-31(17-21-68)30-10-12-32(57)13-11-30)35-25-41-43(27-37(35)59)65-52(63-41)47-9-7-19-70(47)54(74)49(29(2)77-3)67-56(76)79-5/h10-13,22-29,31,44-49,72H,6-9,14-21H2,1-5H3,(H,62,64)(H,63,65)(H,66,75)(H,67,76)/t28-,29-,44-,45-,46?,47+,48+,49+/m1/s1. The molecule has 5 N–H and O–H groups in total. The van der Waals surface area contributed by atoms with Crippen molar-refractivity contribution in [1.29, 1.82) is 0 Å². The smallest absolute Gasteiger partial charge is 0.407 e. The molecular formula is C56H63F5N10O8. The van der Waals surface area contributed by atoms with Gasteiger partial charge in [0.15, 0.2) is 11.6 Å². The Kier molecular flexibility index (Phi) is 15.7. The summed E-state index contributed by atoms with van der Waals surface area (Å²) in [5, 5.41) is 15.4. The van der Waals surface area contributed by atoms with Crippen molar-refractivity contribution in [3.63, 3.8) is 0 Å². The number of amides is 4. The van der Waals surface area contributed by atoms with E-state index >= 15 is 17.6 Å². The molecule has 0 saturated carbocycles. The van der Waals surface area contributed by atoms with Crippen LogP contribution in [-0.4, -0.2) is 131 Å². The van der Waals surface area contributed by atoms with Gasteiger partial charge in [-0.3, -0.25) is 9.59 Å². The molecule has 0 bridgehead atoms. The second-order valence-corrected chi connectivity index (χ2v) is 20.9. The highest BCUT2D eigenvalue weighted by Gasteiger charge is 2.43. The van der Waals surface area contributed by atoms with Crippen LogP contribution >= 0.6 is 0 Å². The molecule has 4 aliphatic heterocycles. The number of methoxy groups -OCH3 is 3. The highest BCUT2D eigenvalue weighted by Crippen LogP contribution is 2.50. The molecule has 0 radical (unpaired) electrons. The van der Waals surface area contributed by atoms with E-state index in [2.05, 4.69) is 25.3 Å². The van der Waals surface area contributed by atoms with Gasteiger partial charge in [-0.2, -0.15) is 0 Å². The molecule has 8 atom stereocenters. The van der Waals surface area contributed by atoms with Crippen LogP contribution in [0.3, 0.4) is 0 Å². The van der Waals surface area contributed by atoms with Crippen molar-refractivity contribution in [1.82, 2.24) is 40.4 Å². The Bertz CT molecular complexity index is 3240. The number of hydrogen-bond donors (Lipinski definition) is 5. The van der Waals surface area contributed by atoms with Gasteiger partial charge < -0.3 is 59.5 Å². The summed E-state index contributed by atoms with van der Waals surface area (Å²) in [6.07, 6.45) is 0.0172. The second-order valence-electron chi connectivity index (χ2n) is 20.9. The van der Waals surface area contributed by atoms with Crippen molar-refractivity contribution in [2.75, 3.05) is 57.3 Å². The fourth-order valence-corrected chi connectivity index (χ4v) is 12.2. The van der Waals surface area contributed by atoms with Crippen LogP contribution in [0.15, 0.2) is 60.7 Å². The number of alkyl carbamates (subject to hydrolysis) is 2. The zero-order valence-electron chi connectivity index (χ0n) is 44.3. The molecule has 18 nitrogen and oxygen atoms in total. The first-order valence-corrected chi connectivity index (χ1v) is 26.6. The summed E-state index contributed by atoms with van der Waals surface area (Å²) in [6, 6.07) is 8.86. The van der Waals surface area contributed by atoms with Gasteiger partial charge in [0.1, 0.15) is 46.9 Å². The lowest BCUT2D eigenvalue weighted by Gasteiger charge is -2.36. The molecule has 6 heterocycles. The van der Waals surface area contributed by atoms with Crippen LogP contribution in [0.2, 0.25) is 0 Å². The number of aromatic nitrogens is 4. The maximum Gasteiger partial charge on any atom is 0.407 e. The summed E-state index contributed by atoms with van der Waals surface area (Å²) in [5.41, 5.74) is 2.32. The van der Waals surface area contributed by atoms with E-state index in [0.29, 0.717) is 80.8 Å². The van der Waals surface area contributed by atoms with E-state index in [4.69, 9.17) is 19.4 Å². The lowest BCUT2D eigenvalue weighted by Crippen LogP contribution is -2.54. The Labute approximate surface area is 451 Å². The molecule has 23 heteroatoms. The van der Waals surface area contributed by atoms with Crippen molar-refractivity contribution in [3.8, 4) is 0 Å². The molecule has 10 rings (SSSR count). The van der Waals surface area contributed by atoms with Gasteiger partial charge in [-0.05, 0) is 113 Å². The highest BCUT2D eigenvalue weighted by molar-refractivity contribution is 5.88. The fourth-order valence-electron chi connectivity index (χ4n) is 12.2. The maximum atomic E-state index is 17.0. The van der Waals surface area contributed by atoms with E-state index < -0.39 is 95.7 Å². The average Bonchev–Trinajstić information content (AvgIpc) is 4.51. The van der Waals surface area contributed by atoms with Crippen LogP contribution < -0.4 is 20.4 Å². The van der Waals surface area contributed by atoms with Crippen LogP contribution in [0.1, 0.15) is 124 Å². The van der Waals surface area contributed by atoms with Crippen molar-refractivity contribution >= 4 is 57.4 Å². The molecule has 2 aromatic heterocycles. The number of benzene rings is 4. The van der Waals surface area contributed by atoms with E-state index in [0.717, 1.165) is 12.7 Å². The van der Waals surface area contributed by atoms with Crippen molar-refractivity contribution in [3.05, 3.63) is 118 Å². The third-order valence-corrected chi connectivity index (χ3v) is 16.3. The van der Waals surface area contributed by atoms with Crippen molar-refractivity contribution in [2.24, 2.45) is 0 Å². The second kappa shape index (κ2) is 22.7. The molecule has 6 aromatic rings. The number of nitrogens with one attached hydrogen (secondary N) is 4. The normalized spacial score (nSPS) is 21.4. The number of hydrogen-bond acceptors (Lipinski definition) is 12.